The molecular formula is C23H52N2O7Si2. The zero-order chi connectivity index (χ0) is 25.7. The summed E-state index contributed by atoms with van der Waals surface area (Å²) in [5.41, 5.74) is 5.77. The lowest BCUT2D eigenvalue weighted by molar-refractivity contribution is 0.0547. The Labute approximate surface area is 210 Å². The lowest BCUT2D eigenvalue weighted by Gasteiger charge is -2.33. The summed E-state index contributed by atoms with van der Waals surface area (Å²) >= 11 is 0. The van der Waals surface area contributed by atoms with Crippen LogP contribution < -0.4 is 5.73 Å². The lowest BCUT2D eigenvalue weighted by atomic mass is 10.5. The Hall–Kier alpha value is -0.536. The van der Waals surface area contributed by atoms with Crippen LogP contribution in [-0.4, -0.2) is 81.3 Å². The van der Waals surface area contributed by atoms with Gasteiger partial charge >= 0.3 is 23.6 Å². The molecule has 0 saturated carbocycles. The van der Waals surface area contributed by atoms with Crippen molar-refractivity contribution < 1.29 is 31.4 Å². The van der Waals surface area contributed by atoms with E-state index in [1.807, 2.05) is 0 Å². The monoisotopic (exact) mass is 524 g/mol. The van der Waals surface area contributed by atoms with Gasteiger partial charge in [-0.2, -0.15) is 0 Å². The second-order valence-corrected chi connectivity index (χ2v) is 13.7. The third-order valence-corrected chi connectivity index (χ3v) is 10.4. The van der Waals surface area contributed by atoms with E-state index in [0.29, 0.717) is 64.8 Å². The minimum absolute atomic E-state index is 0.387. The molecule has 0 heterocycles. The second kappa shape index (κ2) is 20.6. The summed E-state index contributed by atoms with van der Waals surface area (Å²) < 4.78 is 37.0. The number of carbonyl (C=O) groups is 1. The molecule has 0 aliphatic carbocycles. The maximum atomic E-state index is 12.4. The molecular weight excluding hydrogens is 472 g/mol. The molecule has 0 saturated heterocycles. The molecule has 0 aromatic rings. The molecule has 0 aliphatic heterocycles. The van der Waals surface area contributed by atoms with E-state index in [1.165, 1.54) is 0 Å². The molecule has 0 aromatic heterocycles. The molecule has 0 radical (unpaired) electrons. The SMILES string of the molecule is CCCO[Si](CCN(CC[Si](OCCC)(OCCC)OCCC)C(N)=O)(OCCC)OCCC. The number of primary amides is 1. The molecule has 0 aliphatic rings. The first-order valence-electron chi connectivity index (χ1n) is 13.3. The van der Waals surface area contributed by atoms with Gasteiger partial charge in [0.05, 0.1) is 0 Å². The Morgan fingerprint density at radius 1 is 0.559 bits per heavy atom. The third-order valence-electron chi connectivity index (χ3n) is 4.84. The van der Waals surface area contributed by atoms with Crippen LogP contribution in [0.2, 0.25) is 12.1 Å². The minimum Gasteiger partial charge on any atom is -0.373 e. The second-order valence-electron chi connectivity index (χ2n) is 8.28. The highest BCUT2D eigenvalue weighted by atomic mass is 28.4. The largest absolute Gasteiger partial charge is 0.502 e. The predicted octanol–water partition coefficient (Wildman–Crippen LogP) is 4.80. The van der Waals surface area contributed by atoms with Crippen molar-refractivity contribution in [2.24, 2.45) is 5.73 Å². The fourth-order valence-electron chi connectivity index (χ4n) is 3.10. The lowest BCUT2D eigenvalue weighted by Crippen LogP contribution is -2.52. The first kappa shape index (κ1) is 33.5. The van der Waals surface area contributed by atoms with Crippen molar-refractivity contribution in [2.75, 3.05) is 52.7 Å². The van der Waals surface area contributed by atoms with Gasteiger partial charge in [0.25, 0.3) is 0 Å². The smallest absolute Gasteiger partial charge is 0.373 e. The maximum Gasteiger partial charge on any atom is 0.502 e. The van der Waals surface area contributed by atoms with Gasteiger partial charge in [-0.1, -0.05) is 41.5 Å². The first-order chi connectivity index (χ1) is 16.4. The Kier molecular flexibility index (Phi) is 20.3. The number of rotatable bonds is 24. The van der Waals surface area contributed by atoms with Gasteiger partial charge in [-0.05, 0) is 38.5 Å². The summed E-state index contributed by atoms with van der Waals surface area (Å²) in [6, 6.07) is 0.492. The van der Waals surface area contributed by atoms with Gasteiger partial charge in [0.1, 0.15) is 0 Å². The average molecular weight is 525 g/mol. The number of hydrogen-bond acceptors (Lipinski definition) is 7. The average Bonchev–Trinajstić information content (AvgIpc) is 2.84. The highest BCUT2D eigenvalue weighted by Crippen LogP contribution is 2.21. The molecule has 0 bridgehead atoms. The van der Waals surface area contributed by atoms with Crippen LogP contribution >= 0.6 is 0 Å². The van der Waals surface area contributed by atoms with Gasteiger partial charge < -0.3 is 37.2 Å². The van der Waals surface area contributed by atoms with E-state index < -0.39 is 23.6 Å². The van der Waals surface area contributed by atoms with Crippen molar-refractivity contribution in [1.82, 2.24) is 4.90 Å². The van der Waals surface area contributed by atoms with Crippen molar-refractivity contribution in [3.63, 3.8) is 0 Å². The molecule has 34 heavy (non-hydrogen) atoms. The molecule has 2 amide bonds. The Morgan fingerprint density at radius 3 is 0.971 bits per heavy atom. The van der Waals surface area contributed by atoms with Gasteiger partial charge in [0, 0.05) is 64.8 Å². The fourth-order valence-corrected chi connectivity index (χ4v) is 8.65. The summed E-state index contributed by atoms with van der Waals surface area (Å²) in [5, 5.41) is 0. The maximum absolute atomic E-state index is 12.4. The van der Waals surface area contributed by atoms with E-state index in [9.17, 15) is 4.79 Å². The van der Waals surface area contributed by atoms with E-state index in [4.69, 9.17) is 32.3 Å². The van der Waals surface area contributed by atoms with Gasteiger partial charge in [-0.3, -0.25) is 0 Å². The van der Waals surface area contributed by atoms with E-state index in [1.54, 1.807) is 4.90 Å². The molecule has 0 aromatic carbocycles. The predicted molar refractivity (Wildman–Crippen MR) is 140 cm³/mol. The van der Waals surface area contributed by atoms with E-state index in [2.05, 4.69) is 41.5 Å². The van der Waals surface area contributed by atoms with E-state index >= 15 is 0 Å². The van der Waals surface area contributed by atoms with Crippen molar-refractivity contribution in [1.29, 1.82) is 0 Å². The van der Waals surface area contributed by atoms with Crippen LogP contribution in [0.15, 0.2) is 0 Å². The van der Waals surface area contributed by atoms with Crippen molar-refractivity contribution >= 4 is 23.6 Å². The van der Waals surface area contributed by atoms with E-state index in [-0.39, 0.29) is 0 Å². The van der Waals surface area contributed by atoms with Gasteiger partial charge in [-0.25, -0.2) is 4.79 Å². The Morgan fingerprint density at radius 2 is 0.794 bits per heavy atom. The van der Waals surface area contributed by atoms with E-state index in [0.717, 1.165) is 38.5 Å². The third kappa shape index (κ3) is 14.1. The minimum atomic E-state index is -2.94. The standard InChI is InChI=1S/C23H52N2O7Si2/c1-7-15-27-33(28-16-8-2,29-17-9-3)21-13-25(23(24)26)14-22-34(30-18-10-4,31-19-11-5)32-20-12-6/h7-22H2,1-6H3,(H2,24,26). The molecule has 0 rings (SSSR count). The van der Waals surface area contributed by atoms with Crippen LogP contribution in [0.25, 0.3) is 0 Å². The van der Waals surface area contributed by atoms with Crippen LogP contribution in [0, 0.1) is 0 Å². The highest BCUT2D eigenvalue weighted by molar-refractivity contribution is 6.61. The number of nitrogens with two attached hydrogens (primary N) is 1. The van der Waals surface area contributed by atoms with Gasteiger partial charge in [-0.15, -0.1) is 0 Å². The molecule has 2 N–H and O–H groups in total. The summed E-state index contributed by atoms with van der Waals surface area (Å²) in [4.78, 5) is 14.0. The zero-order valence-corrected chi connectivity index (χ0v) is 24.7. The van der Waals surface area contributed by atoms with Gasteiger partial charge in [0.2, 0.25) is 0 Å². The Bertz CT molecular complexity index is 424. The topological polar surface area (TPSA) is 102 Å². The van der Waals surface area contributed by atoms with Crippen LogP contribution in [-0.2, 0) is 26.6 Å². The van der Waals surface area contributed by atoms with Crippen molar-refractivity contribution in [3.05, 3.63) is 0 Å². The van der Waals surface area contributed by atoms with Crippen LogP contribution in [0.1, 0.15) is 80.1 Å². The molecule has 0 atom stereocenters. The summed E-state index contributed by atoms with van der Waals surface area (Å²) in [6.45, 7) is 16.5. The molecule has 0 spiro atoms. The Balaban J connectivity index is 5.48. The van der Waals surface area contributed by atoms with Crippen LogP contribution in [0.4, 0.5) is 4.79 Å². The highest BCUT2D eigenvalue weighted by Gasteiger charge is 2.44. The molecule has 9 nitrogen and oxygen atoms in total. The summed E-state index contributed by atoms with van der Waals surface area (Å²) in [6.07, 6.45) is 5.20. The summed E-state index contributed by atoms with van der Waals surface area (Å²) in [5.74, 6) is 0. The number of hydrogen-bond donors (Lipinski definition) is 1. The molecule has 11 heteroatoms. The number of urea groups is 1. The quantitative estimate of drug-likeness (QED) is 0.181. The van der Waals surface area contributed by atoms with Crippen molar-refractivity contribution in [3.8, 4) is 0 Å². The van der Waals surface area contributed by atoms with Crippen LogP contribution in [0.5, 0.6) is 0 Å². The first-order valence-corrected chi connectivity index (χ1v) is 17.1. The normalized spacial score (nSPS) is 12.3. The molecule has 204 valence electrons. The van der Waals surface area contributed by atoms with Crippen LogP contribution in [0.3, 0.4) is 0 Å². The number of nitrogens with zero attached hydrogens (tertiary/aromatic N) is 1. The number of carbonyl (C=O) groups excluding carboxylic acids is 1. The molecule has 0 unspecified atom stereocenters. The number of amides is 2. The van der Waals surface area contributed by atoms with Gasteiger partial charge in [0.15, 0.2) is 0 Å². The summed E-state index contributed by atoms with van der Waals surface area (Å²) in [7, 11) is -5.87. The van der Waals surface area contributed by atoms with Crippen molar-refractivity contribution in [2.45, 2.75) is 92.2 Å². The fraction of sp³-hybridized carbons (Fsp3) is 0.957. The molecule has 0 fully saturated rings. The zero-order valence-electron chi connectivity index (χ0n) is 22.7.